The first-order valence-electron chi connectivity index (χ1n) is 11.3. The number of anilines is 1. The Morgan fingerprint density at radius 3 is 2.44 bits per heavy atom. The van der Waals surface area contributed by atoms with Crippen LogP contribution in [0.5, 0.6) is 5.88 Å². The molecule has 8 heteroatoms. The number of amides is 2. The smallest absolute Gasteiger partial charge is 0.405 e. The molecule has 34 heavy (non-hydrogen) atoms. The first-order valence-corrected chi connectivity index (χ1v) is 11.3. The van der Waals surface area contributed by atoms with Gasteiger partial charge in [-0.3, -0.25) is 4.79 Å². The number of carbonyl (C=O) groups excluding carboxylic acids is 1. The maximum atomic E-state index is 12.4. The number of hydrogen-bond donors (Lipinski definition) is 3. The molecule has 0 saturated heterocycles. The topological polar surface area (TPSA) is 112 Å². The summed E-state index contributed by atoms with van der Waals surface area (Å²) in [6, 6.07) is 19.4. The van der Waals surface area contributed by atoms with Gasteiger partial charge >= 0.3 is 6.09 Å². The average molecular weight is 460 g/mol. The van der Waals surface area contributed by atoms with E-state index in [-0.39, 0.29) is 25.7 Å². The van der Waals surface area contributed by atoms with Gasteiger partial charge in [-0.25, -0.2) is 9.78 Å². The molecular weight excluding hydrogens is 434 g/mol. The molecule has 0 unspecified atom stereocenters. The molecule has 1 aliphatic heterocycles. The standard InChI is InChI=1S/C26H25N3O5/c30-14-13-29-21-15-20(17-5-2-1-3-6-17)23(27-24(21)34-16-22(29)31)18-7-9-19(10-8-18)26(11-4-12-26)28-25(32)33/h1-3,5-10,15,28,30H,4,11-14,16H2,(H,32,33). The van der Waals surface area contributed by atoms with Crippen molar-refractivity contribution in [3.05, 3.63) is 66.2 Å². The lowest BCUT2D eigenvalue weighted by Crippen LogP contribution is -2.50. The number of fused-ring (bicyclic) bond motifs is 1. The van der Waals surface area contributed by atoms with E-state index in [1.807, 2.05) is 60.7 Å². The van der Waals surface area contributed by atoms with Crippen LogP contribution in [0.2, 0.25) is 0 Å². The first kappa shape index (κ1) is 21.9. The van der Waals surface area contributed by atoms with Gasteiger partial charge in [-0.1, -0.05) is 54.6 Å². The van der Waals surface area contributed by atoms with E-state index in [9.17, 15) is 19.8 Å². The number of hydrogen-bond acceptors (Lipinski definition) is 5. The Hall–Kier alpha value is -3.91. The molecule has 3 N–H and O–H groups in total. The van der Waals surface area contributed by atoms with Crippen LogP contribution < -0.4 is 15.0 Å². The van der Waals surface area contributed by atoms with Gasteiger partial charge in [-0.15, -0.1) is 0 Å². The van der Waals surface area contributed by atoms with Gasteiger partial charge < -0.3 is 25.2 Å². The van der Waals surface area contributed by atoms with Gasteiger partial charge in [-0.2, -0.15) is 0 Å². The molecule has 3 aromatic rings. The predicted molar refractivity (Wildman–Crippen MR) is 127 cm³/mol. The van der Waals surface area contributed by atoms with Crippen molar-refractivity contribution in [1.82, 2.24) is 10.3 Å². The monoisotopic (exact) mass is 459 g/mol. The number of nitrogens with zero attached hydrogens (tertiary/aromatic N) is 2. The van der Waals surface area contributed by atoms with Crippen molar-refractivity contribution in [2.24, 2.45) is 0 Å². The zero-order valence-electron chi connectivity index (χ0n) is 18.5. The van der Waals surface area contributed by atoms with Crippen LogP contribution in [0, 0.1) is 0 Å². The van der Waals surface area contributed by atoms with Crippen molar-refractivity contribution in [3.63, 3.8) is 0 Å². The normalized spacial score (nSPS) is 16.3. The van der Waals surface area contributed by atoms with E-state index in [2.05, 4.69) is 5.32 Å². The highest BCUT2D eigenvalue weighted by Crippen LogP contribution is 2.43. The predicted octanol–water partition coefficient (Wildman–Crippen LogP) is 3.78. The molecule has 5 rings (SSSR count). The fourth-order valence-corrected chi connectivity index (χ4v) is 4.70. The van der Waals surface area contributed by atoms with Crippen molar-refractivity contribution in [1.29, 1.82) is 0 Å². The molecule has 1 fully saturated rings. The van der Waals surface area contributed by atoms with E-state index in [0.717, 1.165) is 41.5 Å². The lowest BCUT2D eigenvalue weighted by atomic mass is 9.71. The SMILES string of the molecule is O=C(O)NC1(c2ccc(-c3nc4c(cc3-c3ccccc3)N(CCO)C(=O)CO4)cc2)CCC1. The van der Waals surface area contributed by atoms with Crippen molar-refractivity contribution in [2.45, 2.75) is 24.8 Å². The minimum atomic E-state index is -1.02. The zero-order chi connectivity index (χ0) is 23.7. The number of ether oxygens (including phenoxy) is 1. The minimum absolute atomic E-state index is 0.133. The van der Waals surface area contributed by atoms with Crippen molar-refractivity contribution >= 4 is 17.7 Å². The fraction of sp³-hybridized carbons (Fsp3) is 0.269. The number of pyridine rings is 1. The number of carbonyl (C=O) groups is 2. The van der Waals surface area contributed by atoms with Crippen LogP contribution in [0.15, 0.2) is 60.7 Å². The summed E-state index contributed by atoms with van der Waals surface area (Å²) in [5.74, 6) is 0.117. The van der Waals surface area contributed by atoms with Gasteiger partial charge in [0.1, 0.15) is 5.69 Å². The number of nitrogens with one attached hydrogen (secondary N) is 1. The van der Waals surface area contributed by atoms with Crippen molar-refractivity contribution in [3.8, 4) is 28.3 Å². The molecule has 1 saturated carbocycles. The van der Waals surface area contributed by atoms with E-state index in [1.54, 1.807) is 0 Å². The number of benzene rings is 2. The molecule has 174 valence electrons. The van der Waals surface area contributed by atoms with Gasteiger partial charge in [0.05, 0.1) is 17.8 Å². The Bertz CT molecular complexity index is 1220. The van der Waals surface area contributed by atoms with Crippen LogP contribution in [-0.2, 0) is 10.3 Å². The van der Waals surface area contributed by atoms with Gasteiger partial charge in [0.2, 0.25) is 5.88 Å². The third-order valence-corrected chi connectivity index (χ3v) is 6.57. The van der Waals surface area contributed by atoms with E-state index < -0.39 is 11.6 Å². The summed E-state index contributed by atoms with van der Waals surface area (Å²) in [5, 5.41) is 21.4. The van der Waals surface area contributed by atoms with E-state index in [0.29, 0.717) is 17.3 Å². The van der Waals surface area contributed by atoms with Crippen LogP contribution >= 0.6 is 0 Å². The number of β-amino-alcohol motifs (C(OH)–C–C–N with tert-alkyl or cyclic N) is 1. The second-order valence-corrected chi connectivity index (χ2v) is 8.58. The molecule has 0 bridgehead atoms. The van der Waals surface area contributed by atoms with Gasteiger partial charge in [0.15, 0.2) is 6.61 Å². The molecule has 2 aliphatic rings. The Kier molecular flexibility index (Phi) is 5.67. The summed E-state index contributed by atoms with van der Waals surface area (Å²) >= 11 is 0. The van der Waals surface area contributed by atoms with Gasteiger partial charge in [-0.05, 0) is 36.5 Å². The summed E-state index contributed by atoms with van der Waals surface area (Å²) < 4.78 is 5.65. The summed E-state index contributed by atoms with van der Waals surface area (Å²) in [6.45, 7) is -0.133. The lowest BCUT2D eigenvalue weighted by molar-refractivity contribution is -0.121. The molecule has 8 nitrogen and oxygen atoms in total. The number of aliphatic hydroxyl groups excluding tert-OH is 1. The second kappa shape index (κ2) is 8.79. The summed E-state index contributed by atoms with van der Waals surface area (Å²) in [5.41, 5.74) is 4.23. The third-order valence-electron chi connectivity index (χ3n) is 6.57. The molecule has 0 spiro atoms. The molecule has 0 radical (unpaired) electrons. The second-order valence-electron chi connectivity index (χ2n) is 8.58. The molecular formula is C26H25N3O5. The quantitative estimate of drug-likeness (QED) is 0.517. The highest BCUT2D eigenvalue weighted by Gasteiger charge is 2.40. The van der Waals surface area contributed by atoms with Crippen LogP contribution in [0.3, 0.4) is 0 Å². The lowest BCUT2D eigenvalue weighted by Gasteiger charge is -2.42. The highest BCUT2D eigenvalue weighted by atomic mass is 16.5. The Morgan fingerprint density at radius 2 is 1.82 bits per heavy atom. The van der Waals surface area contributed by atoms with Crippen molar-refractivity contribution < 1.29 is 24.5 Å². The first-order chi connectivity index (χ1) is 16.5. The Balaban J connectivity index is 1.60. The minimum Gasteiger partial charge on any atom is -0.466 e. The van der Waals surface area contributed by atoms with Crippen molar-refractivity contribution in [2.75, 3.05) is 24.7 Å². The maximum absolute atomic E-state index is 12.4. The summed E-state index contributed by atoms with van der Waals surface area (Å²) in [7, 11) is 0. The molecule has 2 heterocycles. The van der Waals surface area contributed by atoms with Crippen LogP contribution in [0.25, 0.3) is 22.4 Å². The average Bonchev–Trinajstić information content (AvgIpc) is 2.83. The van der Waals surface area contributed by atoms with E-state index in [1.165, 1.54) is 4.90 Å². The van der Waals surface area contributed by atoms with Crippen LogP contribution in [-0.4, -0.2) is 47.0 Å². The van der Waals surface area contributed by atoms with E-state index >= 15 is 0 Å². The van der Waals surface area contributed by atoms with E-state index in [4.69, 9.17) is 9.72 Å². The third kappa shape index (κ3) is 3.86. The zero-order valence-corrected chi connectivity index (χ0v) is 18.5. The van der Waals surface area contributed by atoms with Gasteiger partial charge in [0.25, 0.3) is 5.91 Å². The molecule has 0 atom stereocenters. The summed E-state index contributed by atoms with van der Waals surface area (Å²) in [4.78, 5) is 30.0. The highest BCUT2D eigenvalue weighted by molar-refractivity contribution is 5.99. The van der Waals surface area contributed by atoms with Crippen LogP contribution in [0.1, 0.15) is 24.8 Å². The summed E-state index contributed by atoms with van der Waals surface area (Å²) in [6.07, 6.45) is 1.50. The molecule has 1 aromatic heterocycles. The fourth-order valence-electron chi connectivity index (χ4n) is 4.70. The molecule has 1 aliphatic carbocycles. The Labute approximate surface area is 196 Å². The Morgan fingerprint density at radius 1 is 1.09 bits per heavy atom. The number of carboxylic acid groups (broad SMARTS) is 1. The van der Waals surface area contributed by atoms with Gasteiger partial charge in [0, 0.05) is 17.7 Å². The molecule has 2 amide bonds. The number of aliphatic hydroxyl groups is 1. The number of rotatable bonds is 6. The maximum Gasteiger partial charge on any atom is 0.405 e. The largest absolute Gasteiger partial charge is 0.466 e. The molecule has 2 aromatic carbocycles. The number of aromatic nitrogens is 1. The van der Waals surface area contributed by atoms with Crippen LogP contribution in [0.4, 0.5) is 10.5 Å².